The van der Waals surface area contributed by atoms with Crippen molar-refractivity contribution in [1.29, 1.82) is 0 Å². The van der Waals surface area contributed by atoms with Gasteiger partial charge in [-0.2, -0.15) is 0 Å². The molecule has 2 aromatic rings. The first-order chi connectivity index (χ1) is 8.08. The number of thiazole rings is 1. The fraction of sp³-hybridized carbons (Fsp3) is 0.250. The number of nitrogens with zero attached hydrogens (tertiary/aromatic N) is 1. The largest absolute Gasteiger partial charge is 0.377 e. The molecule has 0 radical (unpaired) electrons. The van der Waals surface area contributed by atoms with E-state index in [1.54, 1.807) is 17.4 Å². The number of hydrogen-bond donors (Lipinski definition) is 1. The average Bonchev–Trinajstić information content (AvgIpc) is 2.70. The van der Waals surface area contributed by atoms with Crippen LogP contribution in [0.2, 0.25) is 0 Å². The zero-order valence-corrected chi connectivity index (χ0v) is 11.9. The second-order valence-electron chi connectivity index (χ2n) is 3.79. The van der Waals surface area contributed by atoms with E-state index in [-0.39, 0.29) is 11.9 Å². The molecule has 5 heteroatoms. The number of hydrogen-bond acceptors (Lipinski definition) is 3. The molecule has 0 bridgehead atoms. The predicted molar refractivity (Wildman–Crippen MR) is 73.0 cm³/mol. The first-order valence-electron chi connectivity index (χ1n) is 5.19. The quantitative estimate of drug-likeness (QED) is 0.900. The maximum absolute atomic E-state index is 13.1. The molecule has 0 saturated carbocycles. The van der Waals surface area contributed by atoms with E-state index in [0.717, 1.165) is 15.9 Å². The van der Waals surface area contributed by atoms with Crippen molar-refractivity contribution in [3.8, 4) is 0 Å². The molecule has 90 valence electrons. The molecule has 0 aliphatic carbocycles. The summed E-state index contributed by atoms with van der Waals surface area (Å²) >= 11 is 5.00. The van der Waals surface area contributed by atoms with E-state index in [0.29, 0.717) is 0 Å². The van der Waals surface area contributed by atoms with Crippen molar-refractivity contribution in [2.24, 2.45) is 0 Å². The second-order valence-corrected chi connectivity index (χ2v) is 5.53. The summed E-state index contributed by atoms with van der Waals surface area (Å²) in [4.78, 5) is 5.38. The van der Waals surface area contributed by atoms with E-state index in [9.17, 15) is 4.39 Å². The zero-order valence-electron chi connectivity index (χ0n) is 9.50. The van der Waals surface area contributed by atoms with Gasteiger partial charge in [0.15, 0.2) is 0 Å². The monoisotopic (exact) mass is 314 g/mol. The Morgan fingerprint density at radius 2 is 2.24 bits per heavy atom. The summed E-state index contributed by atoms with van der Waals surface area (Å²) in [7, 11) is 0. The molecule has 17 heavy (non-hydrogen) atoms. The van der Waals surface area contributed by atoms with Crippen molar-refractivity contribution < 1.29 is 4.39 Å². The summed E-state index contributed by atoms with van der Waals surface area (Å²) in [6.07, 6.45) is 0. The minimum absolute atomic E-state index is 0.112. The average molecular weight is 315 g/mol. The summed E-state index contributed by atoms with van der Waals surface area (Å²) in [6.45, 7) is 4.02. The third-order valence-electron chi connectivity index (χ3n) is 2.48. The van der Waals surface area contributed by atoms with Crippen LogP contribution in [-0.4, -0.2) is 4.98 Å². The minimum Gasteiger partial charge on any atom is -0.377 e. The molecule has 1 N–H and O–H groups in total. The predicted octanol–water partition coefficient (Wildman–Crippen LogP) is 4.53. The highest BCUT2D eigenvalue weighted by molar-refractivity contribution is 9.10. The first kappa shape index (κ1) is 12.5. The van der Waals surface area contributed by atoms with Gasteiger partial charge in [0, 0.05) is 9.35 Å². The maximum atomic E-state index is 13.1. The number of rotatable bonds is 3. The van der Waals surface area contributed by atoms with Crippen molar-refractivity contribution in [1.82, 2.24) is 4.98 Å². The van der Waals surface area contributed by atoms with Gasteiger partial charge in [-0.15, -0.1) is 11.3 Å². The third kappa shape index (κ3) is 2.84. The lowest BCUT2D eigenvalue weighted by atomic mass is 10.2. The number of nitrogens with one attached hydrogen (secondary N) is 1. The molecule has 1 atom stereocenters. The van der Waals surface area contributed by atoms with Gasteiger partial charge in [0.05, 0.1) is 22.9 Å². The van der Waals surface area contributed by atoms with Crippen LogP contribution in [0.3, 0.4) is 0 Å². The van der Waals surface area contributed by atoms with Gasteiger partial charge < -0.3 is 5.32 Å². The summed E-state index contributed by atoms with van der Waals surface area (Å²) < 4.78 is 14.0. The molecule has 2 rings (SSSR count). The van der Waals surface area contributed by atoms with Crippen LogP contribution in [0.5, 0.6) is 0 Å². The lowest BCUT2D eigenvalue weighted by molar-refractivity contribution is 0.627. The maximum Gasteiger partial charge on any atom is 0.125 e. The fourth-order valence-electron chi connectivity index (χ4n) is 1.63. The smallest absolute Gasteiger partial charge is 0.125 e. The van der Waals surface area contributed by atoms with E-state index < -0.39 is 0 Å². The first-order valence-corrected chi connectivity index (χ1v) is 6.86. The summed E-state index contributed by atoms with van der Waals surface area (Å²) in [6, 6.07) is 4.72. The van der Waals surface area contributed by atoms with E-state index in [4.69, 9.17) is 0 Å². The molecule has 0 amide bonds. The molecule has 2 nitrogen and oxygen atoms in total. The molecule has 0 spiro atoms. The van der Waals surface area contributed by atoms with Gasteiger partial charge in [-0.1, -0.05) is 0 Å². The SMILES string of the molecule is Cc1ncsc1C(C)Nc1cc(F)ccc1Br. The zero-order chi connectivity index (χ0) is 12.4. The highest BCUT2D eigenvalue weighted by Gasteiger charge is 2.12. The number of anilines is 1. The molecule has 1 unspecified atom stereocenters. The van der Waals surface area contributed by atoms with E-state index in [2.05, 4.69) is 26.2 Å². The van der Waals surface area contributed by atoms with Crippen molar-refractivity contribution in [2.45, 2.75) is 19.9 Å². The van der Waals surface area contributed by atoms with Gasteiger partial charge in [-0.25, -0.2) is 9.37 Å². The molecule has 1 aromatic carbocycles. The van der Waals surface area contributed by atoms with Crippen molar-refractivity contribution in [2.75, 3.05) is 5.32 Å². The molecule has 1 heterocycles. The van der Waals surface area contributed by atoms with Crippen molar-refractivity contribution in [3.63, 3.8) is 0 Å². The van der Waals surface area contributed by atoms with Crippen molar-refractivity contribution in [3.05, 3.63) is 44.6 Å². The van der Waals surface area contributed by atoms with Gasteiger partial charge >= 0.3 is 0 Å². The Morgan fingerprint density at radius 1 is 1.47 bits per heavy atom. The summed E-state index contributed by atoms with van der Waals surface area (Å²) in [5.41, 5.74) is 3.59. The number of halogens is 2. The lowest BCUT2D eigenvalue weighted by Gasteiger charge is -2.15. The molecular weight excluding hydrogens is 303 g/mol. The number of aromatic nitrogens is 1. The lowest BCUT2D eigenvalue weighted by Crippen LogP contribution is -2.07. The second kappa shape index (κ2) is 5.14. The van der Waals surface area contributed by atoms with Crippen LogP contribution in [0, 0.1) is 12.7 Å². The third-order valence-corrected chi connectivity index (χ3v) is 4.28. The topological polar surface area (TPSA) is 24.9 Å². The Balaban J connectivity index is 2.21. The van der Waals surface area contributed by atoms with E-state index in [1.807, 2.05) is 19.4 Å². The van der Waals surface area contributed by atoms with Gasteiger partial charge in [0.25, 0.3) is 0 Å². The van der Waals surface area contributed by atoms with Crippen LogP contribution in [0.15, 0.2) is 28.2 Å². The Morgan fingerprint density at radius 3 is 2.88 bits per heavy atom. The van der Waals surface area contributed by atoms with Crippen LogP contribution in [0.25, 0.3) is 0 Å². The highest BCUT2D eigenvalue weighted by atomic mass is 79.9. The Hall–Kier alpha value is -0.940. The normalized spacial score (nSPS) is 12.5. The van der Waals surface area contributed by atoms with Crippen LogP contribution in [0.4, 0.5) is 10.1 Å². The molecule has 1 aromatic heterocycles. The van der Waals surface area contributed by atoms with Gasteiger partial charge in [-0.3, -0.25) is 0 Å². The van der Waals surface area contributed by atoms with Crippen molar-refractivity contribution >= 4 is 33.0 Å². The van der Waals surface area contributed by atoms with Gasteiger partial charge in [0.1, 0.15) is 5.82 Å². The fourth-order valence-corrected chi connectivity index (χ4v) is 2.81. The van der Waals surface area contributed by atoms with Gasteiger partial charge in [-0.05, 0) is 48.0 Å². The van der Waals surface area contributed by atoms with Crippen LogP contribution in [0.1, 0.15) is 23.5 Å². The Kier molecular flexibility index (Phi) is 3.79. The molecule has 0 aliphatic rings. The summed E-state index contributed by atoms with van der Waals surface area (Å²) in [5.74, 6) is -0.246. The van der Waals surface area contributed by atoms with E-state index >= 15 is 0 Å². The molecule has 0 saturated heterocycles. The van der Waals surface area contributed by atoms with Crippen LogP contribution < -0.4 is 5.32 Å². The molecule has 0 aliphatic heterocycles. The highest BCUT2D eigenvalue weighted by Crippen LogP contribution is 2.29. The molecule has 0 fully saturated rings. The number of aryl methyl sites for hydroxylation is 1. The van der Waals surface area contributed by atoms with Gasteiger partial charge in [0.2, 0.25) is 0 Å². The van der Waals surface area contributed by atoms with Crippen LogP contribution in [-0.2, 0) is 0 Å². The Labute approximate surface area is 112 Å². The standard InChI is InChI=1S/C12H12BrFN2S/c1-7-12(17-6-15-7)8(2)16-11-5-9(14)3-4-10(11)13/h3-6,8,16H,1-2H3. The molecular formula is C12H12BrFN2S. The summed E-state index contributed by atoms with van der Waals surface area (Å²) in [5, 5.41) is 3.28. The van der Waals surface area contributed by atoms with Crippen LogP contribution >= 0.6 is 27.3 Å². The van der Waals surface area contributed by atoms with E-state index in [1.165, 1.54) is 17.0 Å². The Bertz CT molecular complexity index is 527. The number of benzene rings is 1. The minimum atomic E-state index is -0.246.